The van der Waals surface area contributed by atoms with Crippen LogP contribution in [0.3, 0.4) is 0 Å². The van der Waals surface area contributed by atoms with Crippen LogP contribution in [0.25, 0.3) is 0 Å². The number of carbonyl (C=O) groups excluding carboxylic acids is 2. The summed E-state index contributed by atoms with van der Waals surface area (Å²) in [6.07, 6.45) is 0.0955. The Bertz CT molecular complexity index is 713. The summed E-state index contributed by atoms with van der Waals surface area (Å²) in [5, 5.41) is 2.62. The van der Waals surface area contributed by atoms with Crippen molar-refractivity contribution in [3.8, 4) is 5.75 Å². The van der Waals surface area contributed by atoms with Crippen LogP contribution >= 0.6 is 0 Å². The molecule has 1 aromatic carbocycles. The average molecular weight is 369 g/mol. The van der Waals surface area contributed by atoms with E-state index in [1.165, 1.54) is 6.92 Å². The third-order valence-electron chi connectivity index (χ3n) is 4.03. The molecule has 1 saturated heterocycles. The lowest BCUT2D eigenvalue weighted by Gasteiger charge is -2.16. The van der Waals surface area contributed by atoms with Gasteiger partial charge < -0.3 is 14.8 Å². The van der Waals surface area contributed by atoms with Crippen LogP contribution < -0.4 is 10.1 Å². The molecular formula is C17H23NO6S. The Morgan fingerprint density at radius 3 is 2.52 bits per heavy atom. The third kappa shape index (κ3) is 6.04. The fourth-order valence-electron chi connectivity index (χ4n) is 2.58. The summed E-state index contributed by atoms with van der Waals surface area (Å²) >= 11 is 0. The largest absolute Gasteiger partial charge is 0.497 e. The minimum atomic E-state index is -3.07. The number of carbonyl (C=O) groups is 2. The molecule has 1 aliphatic rings. The Morgan fingerprint density at radius 2 is 1.96 bits per heavy atom. The Hall–Kier alpha value is -2.09. The lowest BCUT2D eigenvalue weighted by molar-refractivity contribution is -0.155. The van der Waals surface area contributed by atoms with Crippen LogP contribution in [0.2, 0.25) is 0 Å². The van der Waals surface area contributed by atoms with Crippen molar-refractivity contribution in [1.29, 1.82) is 0 Å². The average Bonchev–Trinajstić information content (AvgIpc) is 2.91. The molecule has 1 aromatic rings. The van der Waals surface area contributed by atoms with Crippen molar-refractivity contribution in [3.63, 3.8) is 0 Å². The molecule has 1 heterocycles. The lowest BCUT2D eigenvalue weighted by atomic mass is 10.1. The van der Waals surface area contributed by atoms with Crippen LogP contribution in [0.1, 0.15) is 25.3 Å². The van der Waals surface area contributed by atoms with E-state index in [1.54, 1.807) is 7.11 Å². The standard InChI is InChI=1S/C17H23NO6S/c1-12(17(20)18-14-9-10-25(21,22)11-14)24-16(19)8-5-13-3-6-15(23-2)7-4-13/h3-4,6-7,12,14H,5,8-11H2,1-2H3,(H,18,20)/t12-,14-/m1/s1. The van der Waals surface area contributed by atoms with E-state index < -0.39 is 33.9 Å². The van der Waals surface area contributed by atoms with Crippen molar-refractivity contribution in [3.05, 3.63) is 29.8 Å². The molecule has 1 amide bonds. The molecule has 0 unspecified atom stereocenters. The highest BCUT2D eigenvalue weighted by atomic mass is 32.2. The molecule has 8 heteroatoms. The zero-order valence-corrected chi connectivity index (χ0v) is 15.2. The van der Waals surface area contributed by atoms with Gasteiger partial charge in [-0.15, -0.1) is 0 Å². The van der Waals surface area contributed by atoms with Crippen LogP contribution in [-0.4, -0.2) is 51.1 Å². The summed E-state index contributed by atoms with van der Waals surface area (Å²) in [4.78, 5) is 23.9. The first-order chi connectivity index (χ1) is 11.8. The molecule has 1 N–H and O–H groups in total. The Morgan fingerprint density at radius 1 is 1.28 bits per heavy atom. The summed E-state index contributed by atoms with van der Waals surface area (Å²) in [7, 11) is -1.48. The predicted octanol–water partition coefficient (Wildman–Crippen LogP) is 0.863. The second kappa shape index (κ2) is 8.33. The first kappa shape index (κ1) is 19.2. The van der Waals surface area contributed by atoms with Crippen LogP contribution in [0.4, 0.5) is 0 Å². The molecule has 0 saturated carbocycles. The lowest BCUT2D eigenvalue weighted by Crippen LogP contribution is -2.42. The van der Waals surface area contributed by atoms with E-state index >= 15 is 0 Å². The molecule has 7 nitrogen and oxygen atoms in total. The summed E-state index contributed by atoms with van der Waals surface area (Å²) in [6.45, 7) is 1.48. The van der Waals surface area contributed by atoms with Gasteiger partial charge in [0.25, 0.3) is 5.91 Å². The van der Waals surface area contributed by atoms with Gasteiger partial charge in [0.2, 0.25) is 0 Å². The van der Waals surface area contributed by atoms with E-state index in [9.17, 15) is 18.0 Å². The van der Waals surface area contributed by atoms with Crippen molar-refractivity contribution in [2.45, 2.75) is 38.3 Å². The van der Waals surface area contributed by atoms with Gasteiger partial charge in [0.1, 0.15) is 5.75 Å². The zero-order chi connectivity index (χ0) is 18.4. The van der Waals surface area contributed by atoms with Crippen molar-refractivity contribution < 1.29 is 27.5 Å². The van der Waals surface area contributed by atoms with Gasteiger partial charge in [-0.05, 0) is 37.5 Å². The summed E-state index contributed by atoms with van der Waals surface area (Å²) in [5.41, 5.74) is 0.964. The molecule has 2 rings (SSSR count). The normalized spacial score (nSPS) is 19.8. The number of benzene rings is 1. The highest BCUT2D eigenvalue weighted by Gasteiger charge is 2.30. The van der Waals surface area contributed by atoms with E-state index in [0.717, 1.165) is 11.3 Å². The number of ether oxygens (including phenoxy) is 2. The summed E-state index contributed by atoms with van der Waals surface area (Å²) in [6, 6.07) is 6.95. The molecule has 25 heavy (non-hydrogen) atoms. The van der Waals surface area contributed by atoms with Gasteiger partial charge in [0, 0.05) is 12.5 Å². The minimum Gasteiger partial charge on any atom is -0.497 e. The molecule has 138 valence electrons. The van der Waals surface area contributed by atoms with Gasteiger partial charge in [-0.3, -0.25) is 9.59 Å². The van der Waals surface area contributed by atoms with Gasteiger partial charge >= 0.3 is 5.97 Å². The molecule has 0 aromatic heterocycles. The maximum absolute atomic E-state index is 12.0. The Labute approximate surface area is 147 Å². The number of aryl methyl sites for hydroxylation is 1. The SMILES string of the molecule is COc1ccc(CCC(=O)O[C@H](C)C(=O)N[C@@H]2CCS(=O)(=O)C2)cc1. The van der Waals surface area contributed by atoms with Crippen molar-refractivity contribution in [2.75, 3.05) is 18.6 Å². The number of rotatable bonds is 7. The first-order valence-corrected chi connectivity index (χ1v) is 9.94. The van der Waals surface area contributed by atoms with E-state index in [4.69, 9.17) is 9.47 Å². The van der Waals surface area contributed by atoms with Gasteiger partial charge in [-0.1, -0.05) is 12.1 Å². The van der Waals surface area contributed by atoms with Gasteiger partial charge in [-0.2, -0.15) is 0 Å². The molecule has 1 fully saturated rings. The summed E-state index contributed by atoms with van der Waals surface area (Å²) in [5.74, 6) is -0.187. The zero-order valence-electron chi connectivity index (χ0n) is 14.4. The smallest absolute Gasteiger partial charge is 0.306 e. The number of methoxy groups -OCH3 is 1. The fraction of sp³-hybridized carbons (Fsp3) is 0.529. The Kier molecular flexibility index (Phi) is 6.41. The van der Waals surface area contributed by atoms with Gasteiger partial charge in [-0.25, -0.2) is 8.42 Å². The number of hydrogen-bond donors (Lipinski definition) is 1. The Balaban J connectivity index is 1.74. The van der Waals surface area contributed by atoms with Crippen LogP contribution in [-0.2, 0) is 30.6 Å². The van der Waals surface area contributed by atoms with Crippen molar-refractivity contribution in [1.82, 2.24) is 5.32 Å². The van der Waals surface area contributed by atoms with Crippen LogP contribution in [0.15, 0.2) is 24.3 Å². The topological polar surface area (TPSA) is 98.8 Å². The molecule has 0 radical (unpaired) electrons. The van der Waals surface area contributed by atoms with Crippen molar-refractivity contribution in [2.24, 2.45) is 0 Å². The van der Waals surface area contributed by atoms with E-state index in [2.05, 4.69) is 5.32 Å². The highest BCUT2D eigenvalue weighted by molar-refractivity contribution is 7.91. The van der Waals surface area contributed by atoms with Gasteiger partial charge in [0.05, 0.1) is 18.6 Å². The molecular weight excluding hydrogens is 346 g/mol. The highest BCUT2D eigenvalue weighted by Crippen LogP contribution is 2.14. The van der Waals surface area contributed by atoms with E-state index in [1.807, 2.05) is 24.3 Å². The molecule has 0 spiro atoms. The fourth-order valence-corrected chi connectivity index (χ4v) is 4.25. The van der Waals surface area contributed by atoms with Crippen LogP contribution in [0, 0.1) is 0 Å². The molecule has 2 atom stereocenters. The first-order valence-electron chi connectivity index (χ1n) is 8.12. The number of hydrogen-bond acceptors (Lipinski definition) is 6. The van der Waals surface area contributed by atoms with E-state index in [0.29, 0.717) is 12.8 Å². The molecule has 0 aliphatic carbocycles. The molecule has 1 aliphatic heterocycles. The third-order valence-corrected chi connectivity index (χ3v) is 5.80. The van der Waals surface area contributed by atoms with Crippen LogP contribution in [0.5, 0.6) is 5.75 Å². The maximum Gasteiger partial charge on any atom is 0.306 e. The quantitative estimate of drug-likeness (QED) is 0.716. The number of sulfone groups is 1. The van der Waals surface area contributed by atoms with E-state index in [-0.39, 0.29) is 17.9 Å². The monoisotopic (exact) mass is 369 g/mol. The van der Waals surface area contributed by atoms with Crippen molar-refractivity contribution >= 4 is 21.7 Å². The minimum absolute atomic E-state index is 0.0587. The molecule has 0 bridgehead atoms. The number of esters is 1. The number of amides is 1. The summed E-state index contributed by atoms with van der Waals surface area (Å²) < 4.78 is 33.0. The maximum atomic E-state index is 12.0. The second-order valence-corrected chi connectivity index (χ2v) is 8.32. The predicted molar refractivity (Wildman–Crippen MR) is 92.1 cm³/mol. The second-order valence-electron chi connectivity index (χ2n) is 6.09. The van der Waals surface area contributed by atoms with Gasteiger partial charge in [0.15, 0.2) is 15.9 Å². The number of nitrogens with one attached hydrogen (secondary N) is 1.